The Morgan fingerprint density at radius 2 is 2.00 bits per heavy atom. The van der Waals surface area contributed by atoms with E-state index in [1.165, 1.54) is 6.92 Å². The lowest BCUT2D eigenvalue weighted by Gasteiger charge is -2.18. The van der Waals surface area contributed by atoms with E-state index in [1.54, 1.807) is 0 Å². The van der Waals surface area contributed by atoms with Gasteiger partial charge in [-0.25, -0.2) is 4.79 Å². The number of carboxylic acids is 1. The molecule has 0 fully saturated rings. The quantitative estimate of drug-likeness (QED) is 0.437. The summed E-state index contributed by atoms with van der Waals surface area (Å²) in [7, 11) is 0. The van der Waals surface area contributed by atoms with E-state index in [1.807, 2.05) is 0 Å². The molecule has 0 aromatic carbocycles. The van der Waals surface area contributed by atoms with Crippen LogP contribution in [-0.2, 0) is 4.79 Å². The van der Waals surface area contributed by atoms with E-state index >= 15 is 0 Å². The van der Waals surface area contributed by atoms with Crippen molar-refractivity contribution in [2.45, 2.75) is 32.0 Å². The third-order valence-electron chi connectivity index (χ3n) is 1.15. The van der Waals surface area contributed by atoms with Crippen LogP contribution in [0.2, 0.25) is 0 Å². The smallest absolute Gasteiger partial charge is 0.335 e. The minimum Gasteiger partial charge on any atom is -0.479 e. The summed E-state index contributed by atoms with van der Waals surface area (Å²) in [6.45, 7) is 2.58. The summed E-state index contributed by atoms with van der Waals surface area (Å²) in [5, 5.41) is 26.0. The third-order valence-corrected chi connectivity index (χ3v) is 1.15. The molecule has 0 aliphatic carbocycles. The third kappa shape index (κ3) is 4.81. The summed E-state index contributed by atoms with van der Waals surface area (Å²) < 4.78 is 0. The summed E-state index contributed by atoms with van der Waals surface area (Å²) in [6, 6.07) is 0. The Hall–Kier alpha value is -0.545. The highest BCUT2D eigenvalue weighted by atomic mass is 16.4. The van der Waals surface area contributed by atoms with E-state index in [-0.39, 0.29) is 14.8 Å². The topological polar surface area (TPSA) is 77.8 Å². The zero-order chi connectivity index (χ0) is 8.36. The van der Waals surface area contributed by atoms with Crippen LogP contribution in [0.3, 0.4) is 0 Å². The zero-order valence-corrected chi connectivity index (χ0v) is 6.03. The molecule has 0 spiro atoms. The number of carbonyl (C=O) groups is 1. The lowest BCUT2D eigenvalue weighted by Crippen LogP contribution is -2.37. The first-order chi connectivity index (χ1) is 4.36. The first kappa shape index (κ1) is 13.1. The molecule has 4 nitrogen and oxygen atoms in total. The van der Waals surface area contributed by atoms with Gasteiger partial charge in [0.05, 0.1) is 14.5 Å². The van der Waals surface area contributed by atoms with E-state index in [0.29, 0.717) is 0 Å². The van der Waals surface area contributed by atoms with Crippen LogP contribution in [0, 0.1) is 0 Å². The molecule has 5 heteroatoms. The van der Waals surface area contributed by atoms with Gasteiger partial charge in [-0.2, -0.15) is 0 Å². The standard InChI is InChI=1S/C6H12O4.BH3/c1-4(7)3-6(2,10)5(8)9;/h4,7,10H,3H2,1-2H3,(H,8,9);1H3. The number of hydrogen-bond donors (Lipinski definition) is 3. The monoisotopic (exact) mass is 162 g/mol. The highest BCUT2D eigenvalue weighted by molar-refractivity contribution is 5.76. The molecule has 2 unspecified atom stereocenters. The summed E-state index contributed by atoms with van der Waals surface area (Å²) in [6.07, 6.45) is -0.950. The molecule has 0 aromatic heterocycles. The molecule has 2 atom stereocenters. The van der Waals surface area contributed by atoms with E-state index in [2.05, 4.69) is 0 Å². The molecule has 0 saturated heterocycles. The van der Waals surface area contributed by atoms with Gasteiger partial charge in [-0.15, -0.1) is 0 Å². The Kier molecular flexibility index (Phi) is 5.18. The SMILES string of the molecule is B.CC(O)CC(C)(O)C(=O)O. The lowest BCUT2D eigenvalue weighted by atomic mass is 10.00. The molecule has 0 aliphatic rings. The number of rotatable bonds is 3. The minimum absolute atomic E-state index is 0. The fraction of sp³-hybridized carbons (Fsp3) is 0.833. The average Bonchev–Trinajstić information content (AvgIpc) is 1.60. The van der Waals surface area contributed by atoms with Crippen LogP contribution in [0.15, 0.2) is 0 Å². The van der Waals surface area contributed by atoms with Crippen LogP contribution in [0.5, 0.6) is 0 Å². The summed E-state index contributed by atoms with van der Waals surface area (Å²) in [5.41, 5.74) is -1.81. The number of aliphatic hydroxyl groups is 2. The predicted octanol–water partition coefficient (Wildman–Crippen LogP) is -1.59. The van der Waals surface area contributed by atoms with Crippen molar-refractivity contribution in [3.05, 3.63) is 0 Å². The molecule has 0 aliphatic heterocycles. The van der Waals surface area contributed by atoms with Crippen LogP contribution < -0.4 is 0 Å². The number of hydrogen-bond acceptors (Lipinski definition) is 3. The van der Waals surface area contributed by atoms with Crippen LogP contribution in [-0.4, -0.2) is 41.4 Å². The van der Waals surface area contributed by atoms with Crippen molar-refractivity contribution < 1.29 is 20.1 Å². The first-order valence-electron chi connectivity index (χ1n) is 3.00. The molecule has 0 bridgehead atoms. The van der Waals surface area contributed by atoms with Crippen LogP contribution in [0.1, 0.15) is 20.3 Å². The first-order valence-corrected chi connectivity index (χ1v) is 3.00. The Morgan fingerprint density at radius 1 is 1.64 bits per heavy atom. The van der Waals surface area contributed by atoms with E-state index in [0.717, 1.165) is 6.92 Å². The molecule has 0 aromatic rings. The highest BCUT2D eigenvalue weighted by Crippen LogP contribution is 2.11. The van der Waals surface area contributed by atoms with Gasteiger partial charge >= 0.3 is 5.97 Å². The minimum atomic E-state index is -1.81. The normalized spacial score (nSPS) is 17.8. The van der Waals surface area contributed by atoms with Crippen molar-refractivity contribution in [2.75, 3.05) is 0 Å². The number of aliphatic carboxylic acids is 1. The Bertz CT molecular complexity index is 133. The van der Waals surface area contributed by atoms with Crippen molar-refractivity contribution in [1.82, 2.24) is 0 Å². The molecule has 11 heavy (non-hydrogen) atoms. The second kappa shape index (κ2) is 4.36. The van der Waals surface area contributed by atoms with Gasteiger partial charge in [0.2, 0.25) is 0 Å². The molecule has 0 amide bonds. The van der Waals surface area contributed by atoms with Gasteiger partial charge in [0.25, 0.3) is 0 Å². The van der Waals surface area contributed by atoms with Crippen molar-refractivity contribution in [3.63, 3.8) is 0 Å². The lowest BCUT2D eigenvalue weighted by molar-refractivity contribution is -0.159. The molecule has 66 valence electrons. The van der Waals surface area contributed by atoms with Crippen molar-refractivity contribution in [2.24, 2.45) is 0 Å². The highest BCUT2D eigenvalue weighted by Gasteiger charge is 2.30. The summed E-state index contributed by atoms with van der Waals surface area (Å²) in [5.74, 6) is -1.31. The fourth-order valence-electron chi connectivity index (χ4n) is 0.663. The Balaban J connectivity index is 0. The van der Waals surface area contributed by atoms with Crippen molar-refractivity contribution in [1.29, 1.82) is 0 Å². The van der Waals surface area contributed by atoms with Crippen LogP contribution >= 0.6 is 0 Å². The van der Waals surface area contributed by atoms with Crippen molar-refractivity contribution in [3.8, 4) is 0 Å². The van der Waals surface area contributed by atoms with Crippen LogP contribution in [0.25, 0.3) is 0 Å². The Morgan fingerprint density at radius 3 is 2.09 bits per heavy atom. The maximum atomic E-state index is 10.2. The van der Waals surface area contributed by atoms with E-state index in [9.17, 15) is 4.79 Å². The predicted molar refractivity (Wildman–Crippen MR) is 44.5 cm³/mol. The van der Waals surface area contributed by atoms with E-state index < -0.39 is 17.7 Å². The van der Waals surface area contributed by atoms with Gasteiger partial charge in [0.1, 0.15) is 0 Å². The van der Waals surface area contributed by atoms with Gasteiger partial charge in [0.15, 0.2) is 5.60 Å². The molecule has 0 heterocycles. The fourth-order valence-corrected chi connectivity index (χ4v) is 0.663. The van der Waals surface area contributed by atoms with Gasteiger partial charge in [-0.3, -0.25) is 0 Å². The zero-order valence-electron chi connectivity index (χ0n) is 6.03. The van der Waals surface area contributed by atoms with Crippen LogP contribution in [0.4, 0.5) is 0 Å². The summed E-state index contributed by atoms with van der Waals surface area (Å²) >= 11 is 0. The molecule has 0 radical (unpaired) electrons. The summed E-state index contributed by atoms with van der Waals surface area (Å²) in [4.78, 5) is 10.2. The molecule has 0 saturated carbocycles. The average molecular weight is 162 g/mol. The van der Waals surface area contributed by atoms with Crippen molar-refractivity contribution >= 4 is 14.4 Å². The van der Waals surface area contributed by atoms with Gasteiger partial charge < -0.3 is 15.3 Å². The molecular weight excluding hydrogens is 147 g/mol. The maximum absolute atomic E-state index is 10.2. The number of aliphatic hydroxyl groups excluding tert-OH is 1. The maximum Gasteiger partial charge on any atom is 0.335 e. The molecule has 0 rings (SSSR count). The molecule has 3 N–H and O–H groups in total. The van der Waals surface area contributed by atoms with E-state index in [4.69, 9.17) is 15.3 Å². The van der Waals surface area contributed by atoms with Gasteiger partial charge in [-0.1, -0.05) is 0 Å². The molecular formula is C6H15BO4. The van der Waals surface area contributed by atoms with Gasteiger partial charge in [0, 0.05) is 6.42 Å². The Labute approximate surface area is 67.4 Å². The largest absolute Gasteiger partial charge is 0.479 e. The second-order valence-corrected chi connectivity index (χ2v) is 2.63. The van der Waals surface area contributed by atoms with Gasteiger partial charge in [-0.05, 0) is 13.8 Å². The number of carboxylic acid groups (broad SMARTS) is 1. The second-order valence-electron chi connectivity index (χ2n) is 2.63.